The van der Waals surface area contributed by atoms with Gasteiger partial charge in [0.1, 0.15) is 5.82 Å². The highest BCUT2D eigenvalue weighted by Gasteiger charge is 2.15. The second kappa shape index (κ2) is 10.1. The molecule has 9 heteroatoms. The fraction of sp³-hybridized carbons (Fsp3) is 0.273. The number of ether oxygens (including phenoxy) is 1. The number of aryl methyl sites for hydroxylation is 3. The minimum atomic E-state index is -0.526. The minimum Gasteiger partial charge on any atom is -0.453 e. The lowest BCUT2D eigenvalue weighted by molar-refractivity contribution is -0.118. The summed E-state index contributed by atoms with van der Waals surface area (Å²) in [5.74, 6) is 0.900. The van der Waals surface area contributed by atoms with Crippen LogP contribution in [0.25, 0.3) is 5.69 Å². The quantitative estimate of drug-likeness (QED) is 0.544. The average Bonchev–Trinajstić information content (AvgIpc) is 3.13. The maximum absolute atomic E-state index is 12.4. The maximum Gasteiger partial charge on any atom is 0.411 e. The van der Waals surface area contributed by atoms with Gasteiger partial charge in [-0.15, -0.1) is 10.2 Å². The lowest BCUT2D eigenvalue weighted by atomic mass is 10.1. The van der Waals surface area contributed by atoms with E-state index in [4.69, 9.17) is 0 Å². The monoisotopic (exact) mass is 439 g/mol. The number of anilines is 1. The van der Waals surface area contributed by atoms with Crippen LogP contribution in [0.3, 0.4) is 0 Å². The highest BCUT2D eigenvalue weighted by Crippen LogP contribution is 2.24. The molecule has 0 spiro atoms. The van der Waals surface area contributed by atoms with E-state index in [0.717, 1.165) is 28.2 Å². The highest BCUT2D eigenvalue weighted by molar-refractivity contribution is 7.99. The van der Waals surface area contributed by atoms with Crippen molar-refractivity contribution in [2.24, 2.45) is 0 Å². The number of hydrogen-bond acceptors (Lipinski definition) is 6. The van der Waals surface area contributed by atoms with Gasteiger partial charge in [-0.05, 0) is 55.7 Å². The van der Waals surface area contributed by atoms with Crippen LogP contribution in [0.4, 0.5) is 10.5 Å². The number of amides is 2. The topological polar surface area (TPSA) is 98.1 Å². The van der Waals surface area contributed by atoms with E-state index in [1.807, 2.05) is 37.5 Å². The molecule has 0 aliphatic heterocycles. The number of nitrogens with zero attached hydrogens (tertiary/aromatic N) is 3. The molecule has 3 aromatic rings. The van der Waals surface area contributed by atoms with Gasteiger partial charge >= 0.3 is 6.09 Å². The highest BCUT2D eigenvalue weighted by atomic mass is 32.2. The predicted octanol–water partition coefficient (Wildman–Crippen LogP) is 3.78. The molecule has 8 nitrogen and oxygen atoms in total. The van der Waals surface area contributed by atoms with E-state index in [0.29, 0.717) is 17.4 Å². The first-order valence-corrected chi connectivity index (χ1v) is 10.7. The summed E-state index contributed by atoms with van der Waals surface area (Å²) in [6.45, 7) is 6.38. The first-order chi connectivity index (χ1) is 14.9. The number of thioether (sulfide) groups is 1. The zero-order valence-corrected chi connectivity index (χ0v) is 18.7. The molecule has 31 heavy (non-hydrogen) atoms. The molecule has 0 bridgehead atoms. The Bertz CT molecular complexity index is 1080. The van der Waals surface area contributed by atoms with Gasteiger partial charge in [0.25, 0.3) is 0 Å². The fourth-order valence-electron chi connectivity index (χ4n) is 2.93. The molecule has 3 rings (SSSR count). The molecule has 0 fully saturated rings. The first-order valence-electron chi connectivity index (χ1n) is 9.70. The van der Waals surface area contributed by atoms with Crippen LogP contribution in [0.2, 0.25) is 0 Å². The summed E-state index contributed by atoms with van der Waals surface area (Å²) in [6, 6.07) is 13.4. The molecule has 0 aliphatic carbocycles. The van der Waals surface area contributed by atoms with Gasteiger partial charge < -0.3 is 10.1 Å². The molecule has 0 aliphatic rings. The van der Waals surface area contributed by atoms with Crippen molar-refractivity contribution >= 4 is 29.4 Å². The van der Waals surface area contributed by atoms with Gasteiger partial charge in [0.05, 0.1) is 18.6 Å². The van der Waals surface area contributed by atoms with Gasteiger partial charge in [-0.3, -0.25) is 14.7 Å². The molecule has 162 valence electrons. The number of aromatic nitrogens is 3. The van der Waals surface area contributed by atoms with E-state index in [-0.39, 0.29) is 11.7 Å². The van der Waals surface area contributed by atoms with Crippen LogP contribution in [0.15, 0.2) is 47.6 Å². The number of hydrogen-bond donors (Lipinski definition) is 2. The number of carbonyl (C=O) groups excluding carboxylic acids is 2. The van der Waals surface area contributed by atoms with Crippen molar-refractivity contribution in [3.05, 3.63) is 65.0 Å². The Morgan fingerprint density at radius 3 is 2.52 bits per heavy atom. The molecule has 0 unspecified atom stereocenters. The van der Waals surface area contributed by atoms with Crippen molar-refractivity contribution in [1.82, 2.24) is 20.1 Å². The summed E-state index contributed by atoms with van der Waals surface area (Å²) in [4.78, 5) is 23.6. The molecular formula is C22H25N5O3S. The van der Waals surface area contributed by atoms with Crippen LogP contribution in [0.5, 0.6) is 0 Å². The smallest absolute Gasteiger partial charge is 0.411 e. The molecule has 2 N–H and O–H groups in total. The molecule has 2 amide bonds. The van der Waals surface area contributed by atoms with Crippen molar-refractivity contribution in [3.63, 3.8) is 0 Å². The van der Waals surface area contributed by atoms with Gasteiger partial charge in [0.2, 0.25) is 5.91 Å². The molecule has 0 saturated heterocycles. The van der Waals surface area contributed by atoms with Crippen LogP contribution < -0.4 is 10.6 Å². The summed E-state index contributed by atoms with van der Waals surface area (Å²) in [6.07, 6.45) is -0.526. The molecule has 1 aromatic heterocycles. The Labute approximate surface area is 185 Å². The lowest BCUT2D eigenvalue weighted by Crippen LogP contribution is -2.24. The molecule has 1 heterocycles. The van der Waals surface area contributed by atoms with Crippen molar-refractivity contribution in [3.8, 4) is 5.69 Å². The largest absolute Gasteiger partial charge is 0.453 e. The Kier molecular flexibility index (Phi) is 7.30. The Balaban J connectivity index is 1.57. The fourth-order valence-corrected chi connectivity index (χ4v) is 3.75. The number of benzene rings is 2. The molecule has 2 aromatic carbocycles. The zero-order valence-electron chi connectivity index (χ0n) is 17.9. The van der Waals surface area contributed by atoms with E-state index in [1.54, 1.807) is 12.1 Å². The zero-order chi connectivity index (χ0) is 22.4. The third-order valence-electron chi connectivity index (χ3n) is 4.61. The van der Waals surface area contributed by atoms with Crippen molar-refractivity contribution in [1.29, 1.82) is 0 Å². The minimum absolute atomic E-state index is 0.102. The van der Waals surface area contributed by atoms with Crippen LogP contribution in [0, 0.1) is 20.8 Å². The second-order valence-electron chi connectivity index (χ2n) is 7.03. The number of carbonyl (C=O) groups is 2. The first kappa shape index (κ1) is 22.4. The van der Waals surface area contributed by atoms with Crippen molar-refractivity contribution in [2.45, 2.75) is 32.5 Å². The lowest BCUT2D eigenvalue weighted by Gasteiger charge is -2.12. The summed E-state index contributed by atoms with van der Waals surface area (Å²) in [5.41, 5.74) is 4.83. The van der Waals surface area contributed by atoms with Crippen LogP contribution >= 0.6 is 11.8 Å². The third kappa shape index (κ3) is 5.85. The predicted molar refractivity (Wildman–Crippen MR) is 121 cm³/mol. The molecule has 0 saturated carbocycles. The SMILES string of the molecule is COC(=O)Nc1ccc(CNC(=O)CSc2nnc(C)n2-c2cc(C)ccc2C)cc1. The van der Waals surface area contributed by atoms with Crippen molar-refractivity contribution < 1.29 is 14.3 Å². The number of methoxy groups -OCH3 is 1. The van der Waals surface area contributed by atoms with Gasteiger partial charge in [0.15, 0.2) is 5.16 Å². The summed E-state index contributed by atoms with van der Waals surface area (Å²) in [7, 11) is 1.31. The van der Waals surface area contributed by atoms with E-state index in [2.05, 4.69) is 43.8 Å². The molecular weight excluding hydrogens is 414 g/mol. The van der Waals surface area contributed by atoms with Gasteiger partial charge in [-0.25, -0.2) is 4.79 Å². The van der Waals surface area contributed by atoms with Crippen LogP contribution in [-0.4, -0.2) is 39.6 Å². The average molecular weight is 440 g/mol. The second-order valence-corrected chi connectivity index (χ2v) is 7.98. The maximum atomic E-state index is 12.4. The van der Waals surface area contributed by atoms with Gasteiger partial charge in [-0.2, -0.15) is 0 Å². The summed E-state index contributed by atoms with van der Waals surface area (Å²) >= 11 is 1.35. The van der Waals surface area contributed by atoms with Gasteiger partial charge in [-0.1, -0.05) is 36.0 Å². The van der Waals surface area contributed by atoms with Gasteiger partial charge in [0, 0.05) is 12.2 Å². The summed E-state index contributed by atoms with van der Waals surface area (Å²) < 4.78 is 6.54. The number of rotatable bonds is 7. The van der Waals surface area contributed by atoms with E-state index in [9.17, 15) is 9.59 Å². The van der Waals surface area contributed by atoms with Crippen LogP contribution in [0.1, 0.15) is 22.5 Å². The Hall–Kier alpha value is -3.33. The Morgan fingerprint density at radius 2 is 1.81 bits per heavy atom. The number of nitrogens with one attached hydrogen (secondary N) is 2. The molecule has 0 radical (unpaired) electrons. The third-order valence-corrected chi connectivity index (χ3v) is 5.54. The Morgan fingerprint density at radius 1 is 1.06 bits per heavy atom. The van der Waals surface area contributed by atoms with Crippen LogP contribution in [-0.2, 0) is 16.1 Å². The summed E-state index contributed by atoms with van der Waals surface area (Å²) in [5, 5.41) is 14.6. The van der Waals surface area contributed by atoms with E-state index >= 15 is 0 Å². The van der Waals surface area contributed by atoms with E-state index in [1.165, 1.54) is 18.9 Å². The standard InChI is InChI=1S/C22H25N5O3S/c1-14-5-6-15(2)19(11-14)27-16(3)25-26-21(27)31-13-20(28)23-12-17-7-9-18(10-8-17)24-22(29)30-4/h5-11H,12-13H2,1-4H3,(H,23,28)(H,24,29). The van der Waals surface area contributed by atoms with Crippen molar-refractivity contribution in [2.75, 3.05) is 18.2 Å². The normalized spacial score (nSPS) is 10.6. The molecule has 0 atom stereocenters. The van der Waals surface area contributed by atoms with E-state index < -0.39 is 6.09 Å².